The van der Waals surface area contributed by atoms with Crippen LogP contribution in [0.1, 0.15) is 30.4 Å². The maximum Gasteiger partial charge on any atom is 0.374 e. The summed E-state index contributed by atoms with van der Waals surface area (Å²) < 4.78 is 0. The van der Waals surface area contributed by atoms with Crippen molar-refractivity contribution in [3.05, 3.63) is 18.1 Å². The SMILES string of the molecule is CC1CCN(c2ccnc(C(=O)O)n2)CC1. The summed E-state index contributed by atoms with van der Waals surface area (Å²) in [5, 5.41) is 8.81. The van der Waals surface area contributed by atoms with E-state index in [9.17, 15) is 4.79 Å². The summed E-state index contributed by atoms with van der Waals surface area (Å²) in [5.74, 6) is 0.264. The number of hydrogen-bond donors (Lipinski definition) is 1. The fraction of sp³-hybridized carbons (Fsp3) is 0.545. The highest BCUT2D eigenvalue weighted by molar-refractivity contribution is 5.83. The van der Waals surface area contributed by atoms with Crippen LogP contribution >= 0.6 is 0 Å². The lowest BCUT2D eigenvalue weighted by Crippen LogP contribution is -2.33. The zero-order chi connectivity index (χ0) is 11.5. The summed E-state index contributed by atoms with van der Waals surface area (Å²) >= 11 is 0. The second kappa shape index (κ2) is 4.47. The highest BCUT2D eigenvalue weighted by Gasteiger charge is 2.18. The second-order valence-corrected chi connectivity index (χ2v) is 4.21. The molecular weight excluding hydrogens is 206 g/mol. The first-order valence-electron chi connectivity index (χ1n) is 5.48. The molecule has 0 aliphatic carbocycles. The van der Waals surface area contributed by atoms with Gasteiger partial charge >= 0.3 is 5.97 Å². The molecule has 5 heteroatoms. The summed E-state index contributed by atoms with van der Waals surface area (Å²) in [6, 6.07) is 1.77. The van der Waals surface area contributed by atoms with Crippen LogP contribution in [-0.2, 0) is 0 Å². The zero-order valence-electron chi connectivity index (χ0n) is 9.26. The Morgan fingerprint density at radius 3 is 2.81 bits per heavy atom. The predicted molar refractivity (Wildman–Crippen MR) is 59.6 cm³/mol. The first kappa shape index (κ1) is 10.9. The van der Waals surface area contributed by atoms with Gasteiger partial charge in [0.2, 0.25) is 5.82 Å². The molecule has 0 unspecified atom stereocenters. The van der Waals surface area contributed by atoms with Crippen LogP contribution in [0, 0.1) is 5.92 Å². The molecule has 1 aromatic heterocycles. The monoisotopic (exact) mass is 221 g/mol. The lowest BCUT2D eigenvalue weighted by atomic mass is 9.99. The molecule has 0 bridgehead atoms. The maximum atomic E-state index is 10.7. The van der Waals surface area contributed by atoms with E-state index in [1.54, 1.807) is 6.07 Å². The van der Waals surface area contributed by atoms with E-state index in [2.05, 4.69) is 21.8 Å². The Hall–Kier alpha value is -1.65. The molecule has 2 rings (SSSR count). The van der Waals surface area contributed by atoms with Gasteiger partial charge in [-0.15, -0.1) is 0 Å². The molecule has 0 spiro atoms. The summed E-state index contributed by atoms with van der Waals surface area (Å²) in [7, 11) is 0. The van der Waals surface area contributed by atoms with Crippen molar-refractivity contribution in [1.29, 1.82) is 0 Å². The Morgan fingerprint density at radius 2 is 2.19 bits per heavy atom. The number of carbonyl (C=O) groups is 1. The van der Waals surface area contributed by atoms with E-state index in [4.69, 9.17) is 5.11 Å². The number of aromatic nitrogens is 2. The molecule has 1 saturated heterocycles. The minimum Gasteiger partial charge on any atom is -0.475 e. The number of nitrogens with zero attached hydrogens (tertiary/aromatic N) is 3. The Balaban J connectivity index is 2.14. The lowest BCUT2D eigenvalue weighted by Gasteiger charge is -2.31. The van der Waals surface area contributed by atoms with Crippen LogP contribution in [0.2, 0.25) is 0 Å². The van der Waals surface area contributed by atoms with Crippen LogP contribution < -0.4 is 4.90 Å². The minimum atomic E-state index is -1.08. The van der Waals surface area contributed by atoms with E-state index >= 15 is 0 Å². The molecule has 2 heterocycles. The van der Waals surface area contributed by atoms with Crippen molar-refractivity contribution < 1.29 is 9.90 Å². The fourth-order valence-corrected chi connectivity index (χ4v) is 1.87. The van der Waals surface area contributed by atoms with Gasteiger partial charge < -0.3 is 10.0 Å². The molecule has 0 saturated carbocycles. The fourth-order valence-electron chi connectivity index (χ4n) is 1.87. The predicted octanol–water partition coefficient (Wildman–Crippen LogP) is 1.41. The topological polar surface area (TPSA) is 66.3 Å². The third kappa shape index (κ3) is 2.29. The molecule has 0 radical (unpaired) electrons. The standard InChI is InChI=1S/C11H15N3O2/c1-8-3-6-14(7-4-8)9-2-5-12-10(13-9)11(15)16/h2,5,8H,3-4,6-7H2,1H3,(H,15,16). The summed E-state index contributed by atoms with van der Waals surface area (Å²) in [6.07, 6.45) is 3.77. The van der Waals surface area contributed by atoms with Gasteiger partial charge in [0, 0.05) is 19.3 Å². The number of carboxylic acids is 1. The Bertz CT molecular complexity index is 387. The van der Waals surface area contributed by atoms with Crippen LogP contribution in [0.25, 0.3) is 0 Å². The van der Waals surface area contributed by atoms with Gasteiger partial charge in [0.1, 0.15) is 5.82 Å². The number of carboxylic acid groups (broad SMARTS) is 1. The van der Waals surface area contributed by atoms with Crippen LogP contribution in [0.15, 0.2) is 12.3 Å². The van der Waals surface area contributed by atoms with Crippen molar-refractivity contribution in [3.8, 4) is 0 Å². The lowest BCUT2D eigenvalue weighted by molar-refractivity contribution is 0.0683. The Labute approximate surface area is 94.1 Å². The van der Waals surface area contributed by atoms with E-state index < -0.39 is 5.97 Å². The highest BCUT2D eigenvalue weighted by Crippen LogP contribution is 2.20. The molecule has 0 atom stereocenters. The van der Waals surface area contributed by atoms with Gasteiger partial charge in [-0.3, -0.25) is 0 Å². The third-order valence-electron chi connectivity index (χ3n) is 2.94. The highest BCUT2D eigenvalue weighted by atomic mass is 16.4. The quantitative estimate of drug-likeness (QED) is 0.817. The van der Waals surface area contributed by atoms with Crippen LogP contribution in [0.4, 0.5) is 5.82 Å². The Morgan fingerprint density at radius 1 is 1.50 bits per heavy atom. The van der Waals surface area contributed by atoms with Crippen LogP contribution in [0.3, 0.4) is 0 Å². The molecule has 1 fully saturated rings. The average Bonchev–Trinajstić information content (AvgIpc) is 2.30. The molecule has 1 aliphatic rings. The normalized spacial score (nSPS) is 17.4. The van der Waals surface area contributed by atoms with E-state index in [1.807, 2.05) is 0 Å². The summed E-state index contributed by atoms with van der Waals surface area (Å²) in [6.45, 7) is 4.12. The van der Waals surface area contributed by atoms with Gasteiger partial charge in [-0.05, 0) is 24.8 Å². The van der Waals surface area contributed by atoms with Gasteiger partial charge in [-0.25, -0.2) is 14.8 Å². The van der Waals surface area contributed by atoms with Gasteiger partial charge in [0.15, 0.2) is 0 Å². The van der Waals surface area contributed by atoms with E-state index in [0.717, 1.165) is 37.7 Å². The number of aromatic carboxylic acids is 1. The molecule has 1 aromatic rings. The van der Waals surface area contributed by atoms with Gasteiger partial charge in [-0.1, -0.05) is 6.92 Å². The van der Waals surface area contributed by atoms with Crippen LogP contribution in [0.5, 0.6) is 0 Å². The molecule has 0 amide bonds. The zero-order valence-corrected chi connectivity index (χ0v) is 9.26. The average molecular weight is 221 g/mol. The van der Waals surface area contributed by atoms with E-state index in [-0.39, 0.29) is 5.82 Å². The van der Waals surface area contributed by atoms with Crippen LogP contribution in [-0.4, -0.2) is 34.1 Å². The maximum absolute atomic E-state index is 10.7. The number of anilines is 1. The molecule has 86 valence electrons. The molecule has 1 aliphatic heterocycles. The van der Waals surface area contributed by atoms with Crippen molar-refractivity contribution in [2.24, 2.45) is 5.92 Å². The molecule has 1 N–H and O–H groups in total. The first-order chi connectivity index (χ1) is 7.66. The Kier molecular flexibility index (Phi) is 3.03. The van der Waals surface area contributed by atoms with Gasteiger partial charge in [0.05, 0.1) is 0 Å². The van der Waals surface area contributed by atoms with Gasteiger partial charge in [0.25, 0.3) is 0 Å². The number of piperidine rings is 1. The third-order valence-corrected chi connectivity index (χ3v) is 2.94. The largest absolute Gasteiger partial charge is 0.475 e. The number of hydrogen-bond acceptors (Lipinski definition) is 4. The van der Waals surface area contributed by atoms with Crippen molar-refractivity contribution in [2.75, 3.05) is 18.0 Å². The molecule has 0 aromatic carbocycles. The van der Waals surface area contributed by atoms with Crippen molar-refractivity contribution in [1.82, 2.24) is 9.97 Å². The van der Waals surface area contributed by atoms with Gasteiger partial charge in [-0.2, -0.15) is 0 Å². The van der Waals surface area contributed by atoms with E-state index in [1.165, 1.54) is 6.20 Å². The van der Waals surface area contributed by atoms with Crippen molar-refractivity contribution in [2.45, 2.75) is 19.8 Å². The first-order valence-corrected chi connectivity index (χ1v) is 5.48. The van der Waals surface area contributed by atoms with E-state index in [0.29, 0.717) is 0 Å². The molecule has 16 heavy (non-hydrogen) atoms. The van der Waals surface area contributed by atoms with Crippen molar-refractivity contribution in [3.63, 3.8) is 0 Å². The number of rotatable bonds is 2. The molecule has 5 nitrogen and oxygen atoms in total. The smallest absolute Gasteiger partial charge is 0.374 e. The summed E-state index contributed by atoms with van der Waals surface area (Å²) in [4.78, 5) is 20.6. The second-order valence-electron chi connectivity index (χ2n) is 4.21. The van der Waals surface area contributed by atoms with Crippen molar-refractivity contribution >= 4 is 11.8 Å². The molecular formula is C11H15N3O2. The minimum absolute atomic E-state index is 0.129. The summed E-state index contributed by atoms with van der Waals surface area (Å²) in [5.41, 5.74) is 0.